The van der Waals surface area contributed by atoms with Crippen LogP contribution in [0.1, 0.15) is 35.1 Å². The van der Waals surface area contributed by atoms with Crippen molar-refractivity contribution in [3.8, 4) is 0 Å². The van der Waals surface area contributed by atoms with Crippen molar-refractivity contribution in [1.82, 2.24) is 24.9 Å². The summed E-state index contributed by atoms with van der Waals surface area (Å²) in [5.41, 5.74) is 2.56. The van der Waals surface area contributed by atoms with Crippen LogP contribution in [0.4, 0.5) is 0 Å². The smallest absolute Gasteiger partial charge is 0.254 e. The minimum absolute atomic E-state index is 0.0561. The van der Waals surface area contributed by atoms with Gasteiger partial charge in [-0.1, -0.05) is 0 Å². The lowest BCUT2D eigenvalue weighted by Gasteiger charge is -2.06. The maximum Gasteiger partial charge on any atom is 0.254 e. The molecular weight excluding hydrogens is 254 g/mol. The Kier molecular flexibility index (Phi) is 4.55. The molecule has 1 amide bonds. The lowest BCUT2D eigenvalue weighted by Crippen LogP contribution is -2.25. The first-order valence-corrected chi connectivity index (χ1v) is 6.92. The quantitative estimate of drug-likeness (QED) is 0.813. The van der Waals surface area contributed by atoms with Crippen molar-refractivity contribution in [3.63, 3.8) is 0 Å². The van der Waals surface area contributed by atoms with E-state index in [1.54, 1.807) is 17.1 Å². The molecule has 0 spiro atoms. The number of hydrogen-bond acceptors (Lipinski definition) is 3. The number of aryl methyl sites for hydroxylation is 4. The lowest BCUT2D eigenvalue weighted by atomic mass is 10.2. The number of carbonyl (C=O) groups is 1. The van der Waals surface area contributed by atoms with Crippen molar-refractivity contribution in [2.75, 3.05) is 6.54 Å². The van der Waals surface area contributed by atoms with Crippen molar-refractivity contribution in [1.29, 1.82) is 0 Å². The molecule has 0 atom stereocenters. The molecule has 0 aliphatic carbocycles. The van der Waals surface area contributed by atoms with Crippen molar-refractivity contribution in [2.45, 2.75) is 40.3 Å². The Morgan fingerprint density at radius 1 is 1.40 bits per heavy atom. The van der Waals surface area contributed by atoms with Gasteiger partial charge >= 0.3 is 0 Å². The molecular formula is C14H21N5O. The van der Waals surface area contributed by atoms with E-state index in [0.717, 1.165) is 30.9 Å². The second-order valence-electron chi connectivity index (χ2n) is 4.79. The fourth-order valence-corrected chi connectivity index (χ4v) is 2.06. The van der Waals surface area contributed by atoms with Crippen molar-refractivity contribution >= 4 is 5.91 Å². The van der Waals surface area contributed by atoms with E-state index in [1.807, 2.05) is 31.5 Å². The number of carbonyl (C=O) groups excluding carboxylic acids is 1. The standard InChI is InChI=1S/C14H21N5O/c1-4-18-10-13(12(3)17-18)14(20)15-7-5-9-19-11(2)6-8-16-19/h6,8,10H,4-5,7,9H2,1-3H3,(H,15,20). The molecule has 0 saturated heterocycles. The van der Waals surface area contributed by atoms with Gasteiger partial charge in [0.05, 0.1) is 11.3 Å². The predicted octanol–water partition coefficient (Wildman–Crippen LogP) is 1.54. The average Bonchev–Trinajstić information content (AvgIpc) is 3.00. The topological polar surface area (TPSA) is 64.7 Å². The summed E-state index contributed by atoms with van der Waals surface area (Å²) >= 11 is 0. The molecule has 0 aromatic carbocycles. The number of nitrogens with one attached hydrogen (secondary N) is 1. The molecule has 0 bridgehead atoms. The van der Waals surface area contributed by atoms with E-state index in [2.05, 4.69) is 15.5 Å². The third kappa shape index (κ3) is 3.26. The normalized spacial score (nSPS) is 10.8. The molecule has 0 aliphatic rings. The molecule has 20 heavy (non-hydrogen) atoms. The molecule has 2 heterocycles. The van der Waals surface area contributed by atoms with Crippen LogP contribution in [0.15, 0.2) is 18.5 Å². The SMILES string of the molecule is CCn1cc(C(=O)NCCCn2nccc2C)c(C)n1. The van der Waals surface area contributed by atoms with Gasteiger partial charge in [0.15, 0.2) is 0 Å². The van der Waals surface area contributed by atoms with Crippen LogP contribution in [0.2, 0.25) is 0 Å². The Labute approximate surface area is 118 Å². The predicted molar refractivity (Wildman–Crippen MR) is 76.6 cm³/mol. The molecule has 1 N–H and O–H groups in total. The summed E-state index contributed by atoms with van der Waals surface area (Å²) < 4.78 is 3.71. The molecule has 2 aromatic rings. The van der Waals surface area contributed by atoms with Crippen LogP contribution in [0.3, 0.4) is 0 Å². The highest BCUT2D eigenvalue weighted by atomic mass is 16.1. The fraction of sp³-hybridized carbons (Fsp3) is 0.500. The van der Waals surface area contributed by atoms with Gasteiger partial charge in [0.1, 0.15) is 0 Å². The van der Waals surface area contributed by atoms with Crippen molar-refractivity contribution in [2.24, 2.45) is 0 Å². The van der Waals surface area contributed by atoms with E-state index < -0.39 is 0 Å². The third-order valence-electron chi connectivity index (χ3n) is 3.28. The molecule has 0 saturated carbocycles. The highest BCUT2D eigenvalue weighted by Crippen LogP contribution is 2.05. The second-order valence-corrected chi connectivity index (χ2v) is 4.79. The van der Waals surface area contributed by atoms with Crippen LogP contribution in [0, 0.1) is 13.8 Å². The molecule has 0 fully saturated rings. The Morgan fingerprint density at radius 2 is 2.20 bits per heavy atom. The molecule has 0 aliphatic heterocycles. The molecule has 6 nitrogen and oxygen atoms in total. The molecule has 2 aromatic heterocycles. The van der Waals surface area contributed by atoms with Crippen molar-refractivity contribution in [3.05, 3.63) is 35.4 Å². The Hall–Kier alpha value is -2.11. The minimum Gasteiger partial charge on any atom is -0.352 e. The maximum atomic E-state index is 12.0. The summed E-state index contributed by atoms with van der Waals surface area (Å²) in [5, 5.41) is 11.4. The number of nitrogens with zero attached hydrogens (tertiary/aromatic N) is 4. The molecule has 6 heteroatoms. The van der Waals surface area contributed by atoms with Crippen LogP contribution in [-0.2, 0) is 13.1 Å². The zero-order chi connectivity index (χ0) is 14.5. The molecule has 0 unspecified atom stereocenters. The zero-order valence-electron chi connectivity index (χ0n) is 12.3. The monoisotopic (exact) mass is 275 g/mol. The van der Waals surface area contributed by atoms with Gasteiger partial charge in [-0.15, -0.1) is 0 Å². The van der Waals surface area contributed by atoms with Crippen LogP contribution in [0.5, 0.6) is 0 Å². The maximum absolute atomic E-state index is 12.0. The van der Waals surface area contributed by atoms with Crippen molar-refractivity contribution < 1.29 is 4.79 Å². The van der Waals surface area contributed by atoms with Gasteiger partial charge in [-0.25, -0.2) is 0 Å². The Balaban J connectivity index is 1.80. The highest BCUT2D eigenvalue weighted by molar-refractivity contribution is 5.94. The number of rotatable bonds is 6. The molecule has 0 radical (unpaired) electrons. The second kappa shape index (κ2) is 6.36. The molecule has 108 valence electrons. The Morgan fingerprint density at radius 3 is 2.80 bits per heavy atom. The largest absolute Gasteiger partial charge is 0.352 e. The first-order valence-electron chi connectivity index (χ1n) is 6.92. The van der Waals surface area contributed by atoms with Crippen LogP contribution < -0.4 is 5.32 Å². The summed E-state index contributed by atoms with van der Waals surface area (Å²) in [6, 6.07) is 1.97. The van der Waals surface area contributed by atoms with E-state index in [1.165, 1.54) is 0 Å². The molecule has 2 rings (SSSR count). The van der Waals surface area contributed by atoms with E-state index in [9.17, 15) is 4.79 Å². The first kappa shape index (κ1) is 14.3. The van der Waals surface area contributed by atoms with Gasteiger partial charge in [-0.3, -0.25) is 14.2 Å². The van der Waals surface area contributed by atoms with E-state index in [0.29, 0.717) is 12.1 Å². The summed E-state index contributed by atoms with van der Waals surface area (Å²) in [6.45, 7) is 8.09. The van der Waals surface area contributed by atoms with Crippen LogP contribution >= 0.6 is 0 Å². The van der Waals surface area contributed by atoms with Gasteiger partial charge in [0.25, 0.3) is 5.91 Å². The number of amides is 1. The van der Waals surface area contributed by atoms with Gasteiger partial charge < -0.3 is 5.32 Å². The van der Waals surface area contributed by atoms with E-state index in [-0.39, 0.29) is 5.91 Å². The van der Waals surface area contributed by atoms with Gasteiger partial charge in [-0.2, -0.15) is 10.2 Å². The highest BCUT2D eigenvalue weighted by Gasteiger charge is 2.12. The fourth-order valence-electron chi connectivity index (χ4n) is 2.06. The Bertz CT molecular complexity index is 584. The van der Waals surface area contributed by atoms with Gasteiger partial charge in [0.2, 0.25) is 0 Å². The summed E-state index contributed by atoms with van der Waals surface area (Å²) in [6.07, 6.45) is 4.44. The van der Waals surface area contributed by atoms with Gasteiger partial charge in [-0.05, 0) is 33.3 Å². The summed E-state index contributed by atoms with van der Waals surface area (Å²) in [7, 11) is 0. The zero-order valence-corrected chi connectivity index (χ0v) is 12.3. The number of aromatic nitrogens is 4. The van der Waals surface area contributed by atoms with Crippen LogP contribution in [0.25, 0.3) is 0 Å². The summed E-state index contributed by atoms with van der Waals surface area (Å²) in [4.78, 5) is 12.0. The minimum atomic E-state index is -0.0561. The van der Waals surface area contributed by atoms with Crippen LogP contribution in [-0.4, -0.2) is 32.0 Å². The van der Waals surface area contributed by atoms with E-state index >= 15 is 0 Å². The van der Waals surface area contributed by atoms with Gasteiger partial charge in [0, 0.05) is 37.7 Å². The van der Waals surface area contributed by atoms with E-state index in [4.69, 9.17) is 0 Å². The third-order valence-corrected chi connectivity index (χ3v) is 3.28. The average molecular weight is 275 g/mol. The lowest BCUT2D eigenvalue weighted by molar-refractivity contribution is 0.0952. The number of hydrogen-bond donors (Lipinski definition) is 1. The first-order chi connectivity index (χ1) is 9.61. The summed E-state index contributed by atoms with van der Waals surface area (Å²) in [5.74, 6) is -0.0561.